The highest BCUT2D eigenvalue weighted by Gasteiger charge is 2.16. The zero-order chi connectivity index (χ0) is 13.3. The van der Waals surface area contributed by atoms with Gasteiger partial charge in [0.2, 0.25) is 0 Å². The second-order valence-corrected chi connectivity index (χ2v) is 4.96. The number of hydrogen-bond acceptors (Lipinski definition) is 3. The molecular formula is C12H26N2O2S. The van der Waals surface area contributed by atoms with E-state index in [2.05, 4.69) is 31.0 Å². The normalized spacial score (nSPS) is 12.6. The van der Waals surface area contributed by atoms with Crippen molar-refractivity contribution in [3.8, 4) is 0 Å². The first kappa shape index (κ1) is 16.6. The number of methoxy groups -OCH3 is 2. The van der Waals surface area contributed by atoms with Gasteiger partial charge in [-0.1, -0.05) is 13.8 Å². The van der Waals surface area contributed by atoms with Crippen LogP contribution in [-0.4, -0.2) is 56.6 Å². The summed E-state index contributed by atoms with van der Waals surface area (Å²) in [7, 11) is 3.40. The number of nitrogens with one attached hydrogen (secondary N) is 1. The summed E-state index contributed by atoms with van der Waals surface area (Å²) >= 11 is 5.40. The van der Waals surface area contributed by atoms with Crippen LogP contribution in [0.4, 0.5) is 0 Å². The highest BCUT2D eigenvalue weighted by atomic mass is 32.1. The van der Waals surface area contributed by atoms with Crippen molar-refractivity contribution in [2.45, 2.75) is 26.8 Å². The summed E-state index contributed by atoms with van der Waals surface area (Å²) in [5, 5.41) is 4.05. The van der Waals surface area contributed by atoms with E-state index in [1.165, 1.54) is 0 Å². The van der Waals surface area contributed by atoms with Crippen LogP contribution in [0.15, 0.2) is 0 Å². The minimum Gasteiger partial charge on any atom is -0.383 e. The van der Waals surface area contributed by atoms with Crippen molar-refractivity contribution >= 4 is 17.3 Å². The van der Waals surface area contributed by atoms with Crippen LogP contribution in [0, 0.1) is 5.92 Å². The Kier molecular flexibility index (Phi) is 9.40. The lowest BCUT2D eigenvalue weighted by atomic mass is 10.2. The highest BCUT2D eigenvalue weighted by molar-refractivity contribution is 7.80. The van der Waals surface area contributed by atoms with Crippen molar-refractivity contribution in [2.75, 3.05) is 40.5 Å². The predicted molar refractivity (Wildman–Crippen MR) is 75.4 cm³/mol. The van der Waals surface area contributed by atoms with Crippen molar-refractivity contribution in [3.63, 3.8) is 0 Å². The van der Waals surface area contributed by atoms with Crippen LogP contribution in [0.25, 0.3) is 0 Å². The summed E-state index contributed by atoms with van der Waals surface area (Å²) in [6.07, 6.45) is 0. The van der Waals surface area contributed by atoms with Crippen LogP contribution in [0.1, 0.15) is 20.8 Å². The molecule has 17 heavy (non-hydrogen) atoms. The fourth-order valence-electron chi connectivity index (χ4n) is 1.44. The number of nitrogens with zero attached hydrogens (tertiary/aromatic N) is 1. The number of thiocarbonyl (C=S) groups is 1. The first-order valence-corrected chi connectivity index (χ1v) is 6.46. The van der Waals surface area contributed by atoms with Crippen LogP contribution in [-0.2, 0) is 9.47 Å². The minimum absolute atomic E-state index is 0.252. The van der Waals surface area contributed by atoms with Crippen molar-refractivity contribution in [2.24, 2.45) is 5.92 Å². The van der Waals surface area contributed by atoms with Crippen LogP contribution >= 0.6 is 12.2 Å². The molecule has 0 aromatic carbocycles. The van der Waals surface area contributed by atoms with E-state index < -0.39 is 0 Å². The third-order valence-electron chi connectivity index (χ3n) is 2.40. The van der Waals surface area contributed by atoms with Gasteiger partial charge < -0.3 is 19.7 Å². The molecule has 0 aliphatic rings. The van der Waals surface area contributed by atoms with E-state index in [1.807, 2.05) is 0 Å². The second kappa shape index (κ2) is 9.62. The van der Waals surface area contributed by atoms with E-state index >= 15 is 0 Å². The Labute approximate surface area is 111 Å². The van der Waals surface area contributed by atoms with E-state index in [-0.39, 0.29) is 6.04 Å². The van der Waals surface area contributed by atoms with Crippen molar-refractivity contribution < 1.29 is 9.47 Å². The molecule has 5 heteroatoms. The summed E-state index contributed by atoms with van der Waals surface area (Å²) in [5.74, 6) is 0.579. The van der Waals surface area contributed by atoms with Gasteiger partial charge >= 0.3 is 0 Å². The van der Waals surface area contributed by atoms with Crippen molar-refractivity contribution in [3.05, 3.63) is 0 Å². The third kappa shape index (κ3) is 7.52. The van der Waals surface area contributed by atoms with E-state index in [9.17, 15) is 0 Å². The van der Waals surface area contributed by atoms with Crippen LogP contribution in [0.5, 0.6) is 0 Å². The topological polar surface area (TPSA) is 33.7 Å². The summed E-state index contributed by atoms with van der Waals surface area (Å²) in [6, 6.07) is 0.252. The Balaban J connectivity index is 4.28. The molecule has 0 aromatic rings. The molecule has 0 saturated carbocycles. The largest absolute Gasteiger partial charge is 0.383 e. The molecule has 4 nitrogen and oxygen atoms in total. The average Bonchev–Trinajstić information content (AvgIpc) is 2.27. The molecule has 1 atom stereocenters. The molecule has 0 spiro atoms. The van der Waals surface area contributed by atoms with E-state index in [0.29, 0.717) is 19.1 Å². The van der Waals surface area contributed by atoms with Crippen LogP contribution < -0.4 is 5.32 Å². The molecule has 0 rings (SSSR count). The molecule has 0 aliphatic heterocycles. The van der Waals surface area contributed by atoms with Gasteiger partial charge in [-0.3, -0.25) is 0 Å². The molecule has 0 heterocycles. The summed E-state index contributed by atoms with van der Waals surface area (Å²) in [6.45, 7) is 9.42. The molecule has 0 fully saturated rings. The molecule has 0 saturated heterocycles. The highest BCUT2D eigenvalue weighted by Crippen LogP contribution is 2.01. The third-order valence-corrected chi connectivity index (χ3v) is 2.78. The molecule has 1 unspecified atom stereocenters. The maximum atomic E-state index is 5.40. The van der Waals surface area contributed by atoms with Gasteiger partial charge in [-0.25, -0.2) is 0 Å². The van der Waals surface area contributed by atoms with Gasteiger partial charge in [-0.2, -0.15) is 0 Å². The average molecular weight is 262 g/mol. The Morgan fingerprint density at radius 1 is 1.24 bits per heavy atom. The van der Waals surface area contributed by atoms with E-state index in [4.69, 9.17) is 21.7 Å². The molecule has 102 valence electrons. The van der Waals surface area contributed by atoms with E-state index in [1.54, 1.807) is 14.2 Å². The van der Waals surface area contributed by atoms with Gasteiger partial charge in [0.05, 0.1) is 19.3 Å². The van der Waals surface area contributed by atoms with Gasteiger partial charge in [-0.15, -0.1) is 0 Å². The maximum Gasteiger partial charge on any atom is 0.169 e. The lowest BCUT2D eigenvalue weighted by molar-refractivity contribution is 0.113. The Hall–Kier alpha value is -0.390. The van der Waals surface area contributed by atoms with Crippen molar-refractivity contribution in [1.82, 2.24) is 10.2 Å². The fourth-order valence-corrected chi connectivity index (χ4v) is 1.79. The fraction of sp³-hybridized carbons (Fsp3) is 0.917. The van der Waals surface area contributed by atoms with Crippen LogP contribution in [0.3, 0.4) is 0 Å². The quantitative estimate of drug-likeness (QED) is 0.671. The lowest BCUT2D eigenvalue weighted by Gasteiger charge is -2.31. The molecule has 0 aliphatic carbocycles. The number of ether oxygens (including phenoxy) is 2. The first-order valence-electron chi connectivity index (χ1n) is 6.05. The van der Waals surface area contributed by atoms with Gasteiger partial charge in [0.1, 0.15) is 0 Å². The zero-order valence-electron chi connectivity index (χ0n) is 11.7. The van der Waals surface area contributed by atoms with Gasteiger partial charge in [0, 0.05) is 27.3 Å². The number of hydrogen-bond donors (Lipinski definition) is 1. The first-order chi connectivity index (χ1) is 8.02. The summed E-state index contributed by atoms with van der Waals surface area (Å²) in [4.78, 5) is 2.12. The SMILES string of the molecule is COCCN(C(=S)NCC(C)C)C(C)COC. The second-order valence-electron chi connectivity index (χ2n) is 4.57. The molecule has 0 radical (unpaired) electrons. The smallest absolute Gasteiger partial charge is 0.169 e. The molecule has 0 aromatic heterocycles. The summed E-state index contributed by atoms with van der Waals surface area (Å²) < 4.78 is 10.3. The van der Waals surface area contributed by atoms with E-state index in [0.717, 1.165) is 18.2 Å². The zero-order valence-corrected chi connectivity index (χ0v) is 12.5. The van der Waals surface area contributed by atoms with Gasteiger partial charge in [-0.05, 0) is 25.1 Å². The predicted octanol–water partition coefficient (Wildman–Crippen LogP) is 1.50. The molecule has 0 amide bonds. The van der Waals surface area contributed by atoms with Gasteiger partial charge in [0.25, 0.3) is 0 Å². The lowest BCUT2D eigenvalue weighted by Crippen LogP contribution is -2.48. The van der Waals surface area contributed by atoms with Crippen molar-refractivity contribution in [1.29, 1.82) is 0 Å². The Morgan fingerprint density at radius 2 is 1.88 bits per heavy atom. The number of rotatable bonds is 8. The standard InChI is InChI=1S/C12H26N2O2S/c1-10(2)8-13-12(17)14(6-7-15-4)11(3)9-16-5/h10-11H,6-9H2,1-5H3,(H,13,17). The van der Waals surface area contributed by atoms with Crippen LogP contribution in [0.2, 0.25) is 0 Å². The molecule has 0 bridgehead atoms. The molecular weight excluding hydrogens is 236 g/mol. The summed E-state index contributed by atoms with van der Waals surface area (Å²) in [5.41, 5.74) is 0. The Bertz CT molecular complexity index is 213. The monoisotopic (exact) mass is 262 g/mol. The Morgan fingerprint density at radius 3 is 2.35 bits per heavy atom. The van der Waals surface area contributed by atoms with Gasteiger partial charge in [0.15, 0.2) is 5.11 Å². The molecule has 1 N–H and O–H groups in total. The minimum atomic E-state index is 0.252. The maximum absolute atomic E-state index is 5.40.